The van der Waals surface area contributed by atoms with Crippen LogP contribution in [0.3, 0.4) is 0 Å². The van der Waals surface area contributed by atoms with E-state index in [1.807, 2.05) is 0 Å². The van der Waals surface area contributed by atoms with Crippen molar-refractivity contribution in [2.24, 2.45) is 5.92 Å². The lowest BCUT2D eigenvalue weighted by molar-refractivity contribution is -0.154. The third-order valence-electron chi connectivity index (χ3n) is 1.66. The smallest absolute Gasteiger partial charge is 0.320 e. The highest BCUT2D eigenvalue weighted by Crippen LogP contribution is 2.21. The van der Waals surface area contributed by atoms with Crippen molar-refractivity contribution in [3.63, 3.8) is 0 Å². The predicted molar refractivity (Wildman–Crippen MR) is 35.7 cm³/mol. The largest absolute Gasteiger partial charge is 0.468 e. The molecule has 0 aromatic carbocycles. The summed E-state index contributed by atoms with van der Waals surface area (Å²) in [5.41, 5.74) is 0. The molecule has 0 aromatic heterocycles. The van der Waals surface area contributed by atoms with E-state index in [1.165, 1.54) is 7.11 Å². The number of cyclic esters (lactones) is 1. The Morgan fingerprint density at radius 1 is 1.73 bits per heavy atom. The van der Waals surface area contributed by atoms with Crippen molar-refractivity contribution in [2.75, 3.05) is 7.11 Å². The Hall–Kier alpha value is -1.06. The van der Waals surface area contributed by atoms with Crippen LogP contribution in [0.15, 0.2) is 0 Å². The van der Waals surface area contributed by atoms with E-state index in [-0.39, 0.29) is 6.10 Å². The number of carbonyl (C=O) groups is 2. The van der Waals surface area contributed by atoms with Gasteiger partial charge in [0.1, 0.15) is 6.10 Å². The second-order valence-electron chi connectivity index (χ2n) is 2.56. The van der Waals surface area contributed by atoms with Crippen LogP contribution in [0.4, 0.5) is 0 Å². The van der Waals surface area contributed by atoms with E-state index in [4.69, 9.17) is 4.74 Å². The quantitative estimate of drug-likeness (QED) is 0.401. The first-order valence-electron chi connectivity index (χ1n) is 3.43. The highest BCUT2D eigenvalue weighted by Gasteiger charge is 2.38. The van der Waals surface area contributed by atoms with Gasteiger partial charge < -0.3 is 9.47 Å². The molecule has 1 aliphatic heterocycles. The molecule has 0 bridgehead atoms. The Bertz CT molecular complexity index is 179. The van der Waals surface area contributed by atoms with Crippen LogP contribution >= 0.6 is 0 Å². The van der Waals surface area contributed by atoms with Crippen LogP contribution < -0.4 is 0 Å². The summed E-state index contributed by atoms with van der Waals surface area (Å²) in [5.74, 6) is -1.67. The predicted octanol–water partition coefficient (Wildman–Crippen LogP) is 0.111. The Kier molecular flexibility index (Phi) is 2.12. The van der Waals surface area contributed by atoms with Crippen molar-refractivity contribution < 1.29 is 19.1 Å². The maximum Gasteiger partial charge on any atom is 0.320 e. The molecule has 0 aromatic rings. The summed E-state index contributed by atoms with van der Waals surface area (Å²) in [5, 5.41) is 0. The van der Waals surface area contributed by atoms with Gasteiger partial charge in [-0.3, -0.25) is 9.59 Å². The van der Waals surface area contributed by atoms with Crippen LogP contribution in [0.5, 0.6) is 0 Å². The Labute approximate surface area is 64.5 Å². The summed E-state index contributed by atoms with van der Waals surface area (Å²) in [7, 11) is 1.26. The molecule has 0 saturated carbocycles. The first kappa shape index (κ1) is 8.04. The van der Waals surface area contributed by atoms with Gasteiger partial charge in [0.05, 0.1) is 7.11 Å². The van der Waals surface area contributed by atoms with Gasteiger partial charge in [0.25, 0.3) is 0 Å². The average molecular weight is 158 g/mol. The molecule has 0 radical (unpaired) electrons. The Morgan fingerprint density at radius 2 is 2.36 bits per heavy atom. The monoisotopic (exact) mass is 158 g/mol. The minimum atomic E-state index is -0.699. The van der Waals surface area contributed by atoms with Gasteiger partial charge in [-0.05, 0) is 6.92 Å². The van der Waals surface area contributed by atoms with Crippen molar-refractivity contribution in [1.82, 2.24) is 0 Å². The SMILES string of the molecule is COC(=O)[C@@H]1CC(C)OC1=O. The molecule has 1 fully saturated rings. The van der Waals surface area contributed by atoms with Crippen molar-refractivity contribution >= 4 is 11.9 Å². The second kappa shape index (κ2) is 2.90. The molecule has 62 valence electrons. The number of methoxy groups -OCH3 is 1. The molecule has 0 amide bonds. The molecule has 1 unspecified atom stereocenters. The van der Waals surface area contributed by atoms with E-state index in [0.717, 1.165) is 0 Å². The van der Waals surface area contributed by atoms with E-state index in [9.17, 15) is 9.59 Å². The molecular weight excluding hydrogens is 148 g/mol. The number of rotatable bonds is 1. The Morgan fingerprint density at radius 3 is 2.73 bits per heavy atom. The molecule has 2 atom stereocenters. The summed E-state index contributed by atoms with van der Waals surface area (Å²) in [6.45, 7) is 1.75. The first-order chi connectivity index (χ1) is 5.15. The summed E-state index contributed by atoms with van der Waals surface area (Å²) >= 11 is 0. The molecule has 0 aliphatic carbocycles. The molecule has 1 aliphatic rings. The van der Waals surface area contributed by atoms with Crippen LogP contribution in [-0.2, 0) is 19.1 Å². The van der Waals surface area contributed by atoms with Crippen LogP contribution in [0.25, 0.3) is 0 Å². The van der Waals surface area contributed by atoms with Gasteiger partial charge in [0.15, 0.2) is 5.92 Å². The fourth-order valence-electron chi connectivity index (χ4n) is 1.09. The normalized spacial score (nSPS) is 29.8. The third-order valence-corrected chi connectivity index (χ3v) is 1.66. The fourth-order valence-corrected chi connectivity index (χ4v) is 1.09. The highest BCUT2D eigenvalue weighted by atomic mass is 16.6. The molecule has 4 heteroatoms. The number of hydrogen-bond acceptors (Lipinski definition) is 4. The van der Waals surface area contributed by atoms with Crippen molar-refractivity contribution in [3.05, 3.63) is 0 Å². The van der Waals surface area contributed by atoms with Gasteiger partial charge in [0.2, 0.25) is 0 Å². The van der Waals surface area contributed by atoms with Gasteiger partial charge in [-0.25, -0.2) is 0 Å². The minimum absolute atomic E-state index is 0.161. The third kappa shape index (κ3) is 1.50. The lowest BCUT2D eigenvalue weighted by atomic mass is 10.1. The number of carbonyl (C=O) groups excluding carboxylic acids is 2. The standard InChI is InChI=1S/C7H10O4/c1-4-3-5(6(8)10-2)7(9)11-4/h4-5H,3H2,1-2H3/t4?,5-/m0/s1. The van der Waals surface area contributed by atoms with Gasteiger partial charge in [0, 0.05) is 6.42 Å². The van der Waals surface area contributed by atoms with Gasteiger partial charge in [-0.1, -0.05) is 0 Å². The molecule has 1 saturated heterocycles. The van der Waals surface area contributed by atoms with Crippen molar-refractivity contribution in [3.8, 4) is 0 Å². The van der Waals surface area contributed by atoms with E-state index in [1.54, 1.807) is 6.92 Å². The summed E-state index contributed by atoms with van der Waals surface area (Å²) in [6.07, 6.45) is 0.275. The molecule has 0 N–H and O–H groups in total. The van der Waals surface area contributed by atoms with Crippen LogP contribution in [-0.4, -0.2) is 25.2 Å². The zero-order valence-electron chi connectivity index (χ0n) is 6.49. The van der Waals surface area contributed by atoms with Gasteiger partial charge >= 0.3 is 11.9 Å². The van der Waals surface area contributed by atoms with E-state index >= 15 is 0 Å². The van der Waals surface area contributed by atoms with Gasteiger partial charge in [-0.2, -0.15) is 0 Å². The lowest BCUT2D eigenvalue weighted by Gasteiger charge is -2.00. The number of esters is 2. The van der Waals surface area contributed by atoms with Crippen LogP contribution in [0, 0.1) is 5.92 Å². The topological polar surface area (TPSA) is 52.6 Å². The maximum absolute atomic E-state index is 10.9. The van der Waals surface area contributed by atoms with E-state index < -0.39 is 17.9 Å². The van der Waals surface area contributed by atoms with Crippen molar-refractivity contribution in [1.29, 1.82) is 0 Å². The maximum atomic E-state index is 10.9. The van der Waals surface area contributed by atoms with Crippen molar-refractivity contribution in [2.45, 2.75) is 19.4 Å². The number of hydrogen-bond donors (Lipinski definition) is 0. The molecule has 4 nitrogen and oxygen atoms in total. The molecule has 0 spiro atoms. The second-order valence-corrected chi connectivity index (χ2v) is 2.56. The highest BCUT2D eigenvalue weighted by molar-refractivity contribution is 5.96. The van der Waals surface area contributed by atoms with E-state index in [2.05, 4.69) is 4.74 Å². The minimum Gasteiger partial charge on any atom is -0.468 e. The zero-order chi connectivity index (χ0) is 8.43. The molecule has 1 rings (SSSR count). The summed E-state index contributed by atoms with van der Waals surface area (Å²) in [4.78, 5) is 21.7. The molecular formula is C7H10O4. The number of ether oxygens (including phenoxy) is 2. The van der Waals surface area contributed by atoms with Crippen LogP contribution in [0.2, 0.25) is 0 Å². The van der Waals surface area contributed by atoms with Crippen LogP contribution in [0.1, 0.15) is 13.3 Å². The molecule has 11 heavy (non-hydrogen) atoms. The first-order valence-corrected chi connectivity index (χ1v) is 3.43. The summed E-state index contributed by atoms with van der Waals surface area (Å²) < 4.78 is 9.17. The zero-order valence-corrected chi connectivity index (χ0v) is 6.49. The Balaban J connectivity index is 2.60. The van der Waals surface area contributed by atoms with E-state index in [0.29, 0.717) is 6.42 Å². The fraction of sp³-hybridized carbons (Fsp3) is 0.714. The summed E-state index contributed by atoms with van der Waals surface area (Å²) in [6, 6.07) is 0. The lowest BCUT2D eigenvalue weighted by Crippen LogP contribution is -2.20. The molecule has 1 heterocycles. The van der Waals surface area contributed by atoms with Gasteiger partial charge in [-0.15, -0.1) is 0 Å². The average Bonchev–Trinajstić information content (AvgIpc) is 2.28.